The fourth-order valence-corrected chi connectivity index (χ4v) is 5.16. The van der Waals surface area contributed by atoms with Crippen molar-refractivity contribution in [3.05, 3.63) is 113 Å². The van der Waals surface area contributed by atoms with Crippen LogP contribution in [-0.2, 0) is 19.1 Å². The SMILES string of the molecule is C=CCOC(=O)C1=C(C)NC(C)=C(C(=O)OCC=C)C1c1cn(-c2ccccc2)nc1-c1ccc(OC)c(Br)c1. The van der Waals surface area contributed by atoms with E-state index < -0.39 is 17.9 Å². The number of aromatic nitrogens is 2. The standard InChI is InChI=1S/C31H30BrN3O5/c1-6-15-39-30(36)26-19(3)33-20(4)27(31(37)40-16-7-2)28(26)23-18-35(22-11-9-8-10-12-22)34-29(23)21-13-14-25(38-5)24(32)17-21/h6-14,17-18,28,33H,1-2,15-16H2,3-5H3. The Kier molecular flexibility index (Phi) is 9.06. The average Bonchev–Trinajstić information content (AvgIpc) is 3.40. The molecule has 40 heavy (non-hydrogen) atoms. The van der Waals surface area contributed by atoms with Crippen LogP contribution >= 0.6 is 15.9 Å². The minimum atomic E-state index is -0.843. The summed E-state index contributed by atoms with van der Waals surface area (Å²) >= 11 is 3.57. The lowest BCUT2D eigenvalue weighted by molar-refractivity contribution is -0.138. The zero-order valence-corrected chi connectivity index (χ0v) is 24.2. The lowest BCUT2D eigenvalue weighted by atomic mass is 9.79. The largest absolute Gasteiger partial charge is 0.496 e. The van der Waals surface area contributed by atoms with Crippen molar-refractivity contribution in [1.29, 1.82) is 0 Å². The molecule has 0 radical (unpaired) electrons. The molecule has 9 heteroatoms. The van der Waals surface area contributed by atoms with Crippen LogP contribution in [-0.4, -0.2) is 42.0 Å². The van der Waals surface area contributed by atoms with Crippen molar-refractivity contribution in [3.8, 4) is 22.7 Å². The van der Waals surface area contributed by atoms with Crippen molar-refractivity contribution in [1.82, 2.24) is 15.1 Å². The number of carbonyl (C=O) groups is 2. The Balaban J connectivity index is 2.00. The molecule has 206 valence electrons. The molecule has 1 N–H and O–H groups in total. The van der Waals surface area contributed by atoms with Crippen molar-refractivity contribution in [2.24, 2.45) is 0 Å². The third-order valence-electron chi connectivity index (χ3n) is 6.36. The molecule has 1 aromatic heterocycles. The number of benzene rings is 2. The molecule has 2 heterocycles. The van der Waals surface area contributed by atoms with Gasteiger partial charge in [0.05, 0.1) is 40.0 Å². The van der Waals surface area contributed by atoms with Crippen LogP contribution in [0.5, 0.6) is 5.75 Å². The normalized spacial score (nSPS) is 13.5. The number of carbonyl (C=O) groups excluding carboxylic acids is 2. The second-order valence-corrected chi connectivity index (χ2v) is 9.83. The molecule has 8 nitrogen and oxygen atoms in total. The predicted octanol–water partition coefficient (Wildman–Crippen LogP) is 6.00. The van der Waals surface area contributed by atoms with E-state index >= 15 is 0 Å². The molecule has 1 aliphatic rings. The van der Waals surface area contributed by atoms with Gasteiger partial charge in [0.25, 0.3) is 0 Å². The number of para-hydroxylation sites is 1. The number of halogens is 1. The maximum absolute atomic E-state index is 13.5. The van der Waals surface area contributed by atoms with Gasteiger partial charge in [0.1, 0.15) is 19.0 Å². The van der Waals surface area contributed by atoms with E-state index in [2.05, 4.69) is 34.4 Å². The van der Waals surface area contributed by atoms with E-state index in [-0.39, 0.29) is 24.4 Å². The van der Waals surface area contributed by atoms with Crippen molar-refractivity contribution < 1.29 is 23.8 Å². The van der Waals surface area contributed by atoms with Crippen molar-refractivity contribution in [2.75, 3.05) is 20.3 Å². The molecule has 1 aliphatic heterocycles. The lowest BCUT2D eigenvalue weighted by Gasteiger charge is -2.30. The first-order valence-corrected chi connectivity index (χ1v) is 13.3. The minimum Gasteiger partial charge on any atom is -0.496 e. The quantitative estimate of drug-likeness (QED) is 0.224. The number of dihydropyridines is 1. The van der Waals surface area contributed by atoms with Crippen LogP contribution in [0.2, 0.25) is 0 Å². The van der Waals surface area contributed by atoms with Gasteiger partial charge in [-0.15, -0.1) is 0 Å². The maximum Gasteiger partial charge on any atom is 0.337 e. The third-order valence-corrected chi connectivity index (χ3v) is 6.98. The lowest BCUT2D eigenvalue weighted by Crippen LogP contribution is -2.32. The molecule has 4 rings (SSSR count). The summed E-state index contributed by atoms with van der Waals surface area (Å²) in [5.41, 5.74) is 4.43. The second-order valence-electron chi connectivity index (χ2n) is 8.97. The van der Waals surface area contributed by atoms with E-state index in [0.29, 0.717) is 28.4 Å². The molecular formula is C31H30BrN3O5. The highest BCUT2D eigenvalue weighted by Crippen LogP contribution is 2.44. The Labute approximate surface area is 241 Å². The molecule has 0 saturated heterocycles. The number of rotatable bonds is 10. The van der Waals surface area contributed by atoms with Gasteiger partial charge in [-0.1, -0.05) is 43.5 Å². The molecule has 0 saturated carbocycles. The summed E-state index contributed by atoms with van der Waals surface area (Å²) in [6, 6.07) is 15.2. The Morgan fingerprint density at radius 2 is 1.60 bits per heavy atom. The van der Waals surface area contributed by atoms with Gasteiger partial charge in [0, 0.05) is 28.7 Å². The Morgan fingerprint density at radius 3 is 2.12 bits per heavy atom. The van der Waals surface area contributed by atoms with Gasteiger partial charge >= 0.3 is 11.9 Å². The number of ether oxygens (including phenoxy) is 3. The van der Waals surface area contributed by atoms with Gasteiger partial charge in [0.15, 0.2) is 0 Å². The number of hydrogen-bond acceptors (Lipinski definition) is 7. The number of methoxy groups -OCH3 is 1. The van der Waals surface area contributed by atoms with E-state index in [1.165, 1.54) is 12.2 Å². The summed E-state index contributed by atoms with van der Waals surface area (Å²) in [7, 11) is 1.59. The summed E-state index contributed by atoms with van der Waals surface area (Å²) in [5.74, 6) is -1.34. The van der Waals surface area contributed by atoms with E-state index in [0.717, 1.165) is 15.7 Å². The number of nitrogens with one attached hydrogen (secondary N) is 1. The zero-order valence-electron chi connectivity index (χ0n) is 22.6. The summed E-state index contributed by atoms with van der Waals surface area (Å²) < 4.78 is 18.9. The number of esters is 2. The summed E-state index contributed by atoms with van der Waals surface area (Å²) in [5, 5.41) is 8.11. The molecule has 0 aliphatic carbocycles. The Hall–Kier alpha value is -4.37. The summed E-state index contributed by atoms with van der Waals surface area (Å²) in [6.45, 7) is 10.9. The Morgan fingerprint density at radius 1 is 1.00 bits per heavy atom. The van der Waals surface area contributed by atoms with Crippen molar-refractivity contribution in [2.45, 2.75) is 19.8 Å². The van der Waals surface area contributed by atoms with Gasteiger partial charge in [-0.05, 0) is 60.1 Å². The average molecular weight is 605 g/mol. The predicted molar refractivity (Wildman–Crippen MR) is 157 cm³/mol. The number of hydrogen-bond donors (Lipinski definition) is 1. The molecule has 0 fully saturated rings. The van der Waals surface area contributed by atoms with Crippen LogP contribution in [0.25, 0.3) is 16.9 Å². The smallest absolute Gasteiger partial charge is 0.337 e. The molecule has 0 amide bonds. The van der Waals surface area contributed by atoms with Crippen molar-refractivity contribution >= 4 is 27.9 Å². The van der Waals surface area contributed by atoms with Crippen LogP contribution in [0.15, 0.2) is 107 Å². The highest BCUT2D eigenvalue weighted by Gasteiger charge is 2.40. The number of nitrogens with zero attached hydrogens (tertiary/aromatic N) is 2. The van der Waals surface area contributed by atoms with Gasteiger partial charge < -0.3 is 19.5 Å². The van der Waals surface area contributed by atoms with Crippen LogP contribution in [0.1, 0.15) is 25.3 Å². The first-order valence-electron chi connectivity index (χ1n) is 12.5. The number of allylic oxidation sites excluding steroid dienone is 2. The molecule has 2 aromatic carbocycles. The Bertz CT molecular complexity index is 1470. The van der Waals surface area contributed by atoms with Gasteiger partial charge in [0.2, 0.25) is 0 Å². The maximum atomic E-state index is 13.5. The fourth-order valence-electron chi connectivity index (χ4n) is 4.62. The van der Waals surface area contributed by atoms with Crippen LogP contribution in [0.4, 0.5) is 0 Å². The van der Waals surface area contributed by atoms with Gasteiger partial charge in [-0.25, -0.2) is 14.3 Å². The van der Waals surface area contributed by atoms with Crippen LogP contribution in [0.3, 0.4) is 0 Å². The van der Waals surface area contributed by atoms with Crippen LogP contribution < -0.4 is 10.1 Å². The van der Waals surface area contributed by atoms with Crippen molar-refractivity contribution in [3.63, 3.8) is 0 Å². The topological polar surface area (TPSA) is 91.7 Å². The first-order chi connectivity index (χ1) is 19.3. The highest BCUT2D eigenvalue weighted by atomic mass is 79.9. The van der Waals surface area contributed by atoms with Gasteiger partial charge in [-0.3, -0.25) is 0 Å². The van der Waals surface area contributed by atoms with Gasteiger partial charge in [-0.2, -0.15) is 5.10 Å². The molecule has 0 atom stereocenters. The monoisotopic (exact) mass is 603 g/mol. The second kappa shape index (κ2) is 12.7. The molecule has 0 bridgehead atoms. The third kappa shape index (κ3) is 5.79. The first kappa shape index (κ1) is 28.6. The van der Waals surface area contributed by atoms with E-state index in [1.54, 1.807) is 25.6 Å². The van der Waals surface area contributed by atoms with E-state index in [4.69, 9.17) is 19.3 Å². The van der Waals surface area contributed by atoms with E-state index in [9.17, 15) is 9.59 Å². The molecule has 0 spiro atoms. The molecule has 0 unspecified atom stereocenters. The molecular weight excluding hydrogens is 574 g/mol. The summed E-state index contributed by atoms with van der Waals surface area (Å²) in [4.78, 5) is 27.0. The fraction of sp³-hybridized carbons (Fsp3) is 0.194. The summed E-state index contributed by atoms with van der Waals surface area (Å²) in [6.07, 6.45) is 4.82. The molecule has 3 aromatic rings. The van der Waals surface area contributed by atoms with E-state index in [1.807, 2.05) is 54.7 Å². The van der Waals surface area contributed by atoms with Crippen LogP contribution in [0, 0.1) is 0 Å². The highest BCUT2D eigenvalue weighted by molar-refractivity contribution is 9.10. The zero-order chi connectivity index (χ0) is 28.8. The minimum absolute atomic E-state index is 0.0167.